The Bertz CT molecular complexity index is 1280. The Balaban J connectivity index is 1.38. The van der Waals surface area contributed by atoms with Crippen LogP contribution in [0.15, 0.2) is 63.9 Å². The number of nitrogens with one attached hydrogen (secondary N) is 2. The number of nitrogens with zero attached hydrogens (tertiary/aromatic N) is 1. The third kappa shape index (κ3) is 4.53. The number of para-hydroxylation sites is 3. The molecule has 1 amide bonds. The van der Waals surface area contributed by atoms with Gasteiger partial charge >= 0.3 is 11.7 Å². The van der Waals surface area contributed by atoms with Gasteiger partial charge in [-0.25, -0.2) is 9.59 Å². The topological polar surface area (TPSA) is 106 Å². The first-order valence-corrected chi connectivity index (χ1v) is 10.1. The molecule has 0 saturated carbocycles. The number of H-pyrrole nitrogens is 1. The van der Waals surface area contributed by atoms with Crippen LogP contribution in [-0.2, 0) is 27.3 Å². The summed E-state index contributed by atoms with van der Waals surface area (Å²) in [5.74, 6) is -1.26. The molecule has 0 unspecified atom stereocenters. The number of rotatable bonds is 8. The van der Waals surface area contributed by atoms with Crippen molar-refractivity contribution in [2.24, 2.45) is 0 Å². The standard InChI is InChI=1S/C23H23N3O5/c1-15(27)25-19(13-16-14-24-18-8-3-2-7-17(16)18)22(28)30-12-6-11-26-20-9-4-5-10-21(20)31-23(26)29/h2-5,7-10,14,19,24H,6,11-13H2,1H3,(H,25,27)/t19-/m0/s1. The summed E-state index contributed by atoms with van der Waals surface area (Å²) in [6.07, 6.45) is 2.59. The molecule has 8 nitrogen and oxygen atoms in total. The highest BCUT2D eigenvalue weighted by Gasteiger charge is 2.23. The number of ether oxygens (including phenoxy) is 1. The monoisotopic (exact) mass is 421 g/mol. The molecule has 8 heteroatoms. The second-order valence-corrected chi connectivity index (χ2v) is 7.33. The zero-order valence-electron chi connectivity index (χ0n) is 17.1. The molecule has 160 valence electrons. The van der Waals surface area contributed by atoms with Crippen molar-refractivity contribution in [2.45, 2.75) is 32.4 Å². The highest BCUT2D eigenvalue weighted by atomic mass is 16.5. The smallest absolute Gasteiger partial charge is 0.419 e. The number of hydrogen-bond donors (Lipinski definition) is 2. The van der Waals surface area contributed by atoms with E-state index in [0.29, 0.717) is 30.5 Å². The summed E-state index contributed by atoms with van der Waals surface area (Å²) < 4.78 is 12.1. The lowest BCUT2D eigenvalue weighted by Gasteiger charge is -2.16. The largest absolute Gasteiger partial charge is 0.464 e. The molecule has 0 spiro atoms. The van der Waals surface area contributed by atoms with Crippen molar-refractivity contribution in [3.05, 3.63) is 70.8 Å². The Kier molecular flexibility index (Phi) is 5.88. The number of carbonyl (C=O) groups excluding carboxylic acids is 2. The van der Waals surface area contributed by atoms with Crippen LogP contribution in [0.3, 0.4) is 0 Å². The summed E-state index contributed by atoms with van der Waals surface area (Å²) in [5.41, 5.74) is 3.11. The second kappa shape index (κ2) is 8.91. The Morgan fingerprint density at radius 2 is 1.94 bits per heavy atom. The van der Waals surface area contributed by atoms with E-state index in [2.05, 4.69) is 10.3 Å². The fourth-order valence-corrected chi connectivity index (χ4v) is 3.68. The number of hydrogen-bond acceptors (Lipinski definition) is 5. The van der Waals surface area contributed by atoms with E-state index in [4.69, 9.17) is 9.15 Å². The number of aromatic amines is 1. The van der Waals surface area contributed by atoms with E-state index in [1.165, 1.54) is 11.5 Å². The lowest BCUT2D eigenvalue weighted by atomic mass is 10.0. The molecule has 0 aliphatic carbocycles. The summed E-state index contributed by atoms with van der Waals surface area (Å²) >= 11 is 0. The van der Waals surface area contributed by atoms with Gasteiger partial charge in [0.15, 0.2) is 5.58 Å². The molecular formula is C23H23N3O5. The van der Waals surface area contributed by atoms with Crippen molar-refractivity contribution in [1.29, 1.82) is 0 Å². The van der Waals surface area contributed by atoms with E-state index in [0.717, 1.165) is 16.5 Å². The quantitative estimate of drug-likeness (QED) is 0.336. The molecular weight excluding hydrogens is 398 g/mol. The Hall–Kier alpha value is -3.81. The predicted octanol–water partition coefficient (Wildman–Crippen LogP) is 2.76. The minimum absolute atomic E-state index is 0.120. The van der Waals surface area contributed by atoms with Crippen molar-refractivity contribution in [3.63, 3.8) is 0 Å². The summed E-state index contributed by atoms with van der Waals surface area (Å²) in [4.78, 5) is 39.5. The zero-order valence-corrected chi connectivity index (χ0v) is 17.1. The average Bonchev–Trinajstić information content (AvgIpc) is 3.30. The van der Waals surface area contributed by atoms with E-state index in [1.54, 1.807) is 18.2 Å². The van der Waals surface area contributed by atoms with Gasteiger partial charge < -0.3 is 19.5 Å². The van der Waals surface area contributed by atoms with E-state index in [-0.39, 0.29) is 12.5 Å². The van der Waals surface area contributed by atoms with Gasteiger partial charge in [0.25, 0.3) is 0 Å². The van der Waals surface area contributed by atoms with Gasteiger partial charge in [-0.15, -0.1) is 0 Å². The highest BCUT2D eigenvalue weighted by molar-refractivity contribution is 5.86. The molecule has 0 aliphatic rings. The first kappa shape index (κ1) is 20.5. The number of esters is 1. The number of oxazole rings is 1. The first-order chi connectivity index (χ1) is 15.0. The molecule has 0 fully saturated rings. The van der Waals surface area contributed by atoms with Crippen LogP contribution in [0.5, 0.6) is 0 Å². The molecule has 2 heterocycles. The van der Waals surface area contributed by atoms with Crippen LogP contribution in [0.1, 0.15) is 18.9 Å². The van der Waals surface area contributed by atoms with Crippen molar-refractivity contribution in [2.75, 3.05) is 6.61 Å². The molecule has 0 aliphatic heterocycles. The minimum Gasteiger partial charge on any atom is -0.464 e. The second-order valence-electron chi connectivity index (χ2n) is 7.33. The maximum Gasteiger partial charge on any atom is 0.419 e. The molecule has 1 atom stereocenters. The summed E-state index contributed by atoms with van der Waals surface area (Å²) in [5, 5.41) is 3.67. The lowest BCUT2D eigenvalue weighted by Crippen LogP contribution is -2.42. The van der Waals surface area contributed by atoms with E-state index in [9.17, 15) is 14.4 Å². The lowest BCUT2D eigenvalue weighted by molar-refractivity contribution is -0.147. The molecule has 4 aromatic rings. The maximum atomic E-state index is 12.6. The summed E-state index contributed by atoms with van der Waals surface area (Å²) in [6.45, 7) is 1.84. The number of benzene rings is 2. The molecule has 0 saturated heterocycles. The van der Waals surface area contributed by atoms with Gasteiger partial charge in [0.2, 0.25) is 5.91 Å². The van der Waals surface area contributed by atoms with Gasteiger partial charge in [0.05, 0.1) is 12.1 Å². The van der Waals surface area contributed by atoms with Crippen LogP contribution in [0.2, 0.25) is 0 Å². The normalized spacial score (nSPS) is 12.2. The predicted molar refractivity (Wildman–Crippen MR) is 116 cm³/mol. The van der Waals surface area contributed by atoms with Crippen LogP contribution in [0, 0.1) is 0 Å². The molecule has 2 N–H and O–H groups in total. The Labute approximate surface area is 177 Å². The van der Waals surface area contributed by atoms with Gasteiger partial charge in [0, 0.05) is 37.0 Å². The number of aryl methyl sites for hydroxylation is 1. The fourth-order valence-electron chi connectivity index (χ4n) is 3.68. The van der Waals surface area contributed by atoms with Crippen LogP contribution in [-0.4, -0.2) is 34.1 Å². The third-order valence-corrected chi connectivity index (χ3v) is 5.11. The number of fused-ring (bicyclic) bond motifs is 2. The van der Waals surface area contributed by atoms with E-state index >= 15 is 0 Å². The Morgan fingerprint density at radius 3 is 2.77 bits per heavy atom. The molecule has 4 rings (SSSR count). The molecule has 0 bridgehead atoms. The summed E-state index contributed by atoms with van der Waals surface area (Å²) in [7, 11) is 0. The van der Waals surface area contributed by atoms with Gasteiger partial charge in [-0.3, -0.25) is 9.36 Å². The maximum absolute atomic E-state index is 12.6. The van der Waals surface area contributed by atoms with Crippen molar-refractivity contribution in [3.8, 4) is 0 Å². The summed E-state index contributed by atoms with van der Waals surface area (Å²) in [6, 6.07) is 14.1. The fraction of sp³-hybridized carbons (Fsp3) is 0.261. The van der Waals surface area contributed by atoms with E-state index < -0.39 is 17.8 Å². The van der Waals surface area contributed by atoms with Crippen LogP contribution < -0.4 is 11.1 Å². The highest BCUT2D eigenvalue weighted by Crippen LogP contribution is 2.19. The average molecular weight is 421 g/mol. The van der Waals surface area contributed by atoms with E-state index in [1.807, 2.05) is 36.5 Å². The number of aromatic nitrogens is 2. The third-order valence-electron chi connectivity index (χ3n) is 5.11. The SMILES string of the molecule is CC(=O)N[C@@H](Cc1c[nH]c2ccccc12)C(=O)OCCCn1c(=O)oc2ccccc21. The van der Waals surface area contributed by atoms with Gasteiger partial charge in [-0.2, -0.15) is 0 Å². The molecule has 31 heavy (non-hydrogen) atoms. The number of amides is 1. The van der Waals surface area contributed by atoms with Crippen molar-refractivity contribution < 1.29 is 18.7 Å². The number of carbonyl (C=O) groups is 2. The first-order valence-electron chi connectivity index (χ1n) is 10.1. The van der Waals surface area contributed by atoms with Crippen molar-refractivity contribution >= 4 is 33.9 Å². The van der Waals surface area contributed by atoms with Crippen LogP contribution >= 0.6 is 0 Å². The van der Waals surface area contributed by atoms with Crippen molar-refractivity contribution in [1.82, 2.24) is 14.9 Å². The minimum atomic E-state index is -0.797. The Morgan fingerprint density at radius 1 is 1.16 bits per heavy atom. The van der Waals surface area contributed by atoms with Crippen LogP contribution in [0.25, 0.3) is 22.0 Å². The molecule has 0 radical (unpaired) electrons. The molecule has 2 aromatic carbocycles. The van der Waals surface area contributed by atoms with Crippen LogP contribution in [0.4, 0.5) is 0 Å². The van der Waals surface area contributed by atoms with Gasteiger partial charge in [-0.1, -0.05) is 30.3 Å². The molecule has 2 aromatic heterocycles. The zero-order chi connectivity index (χ0) is 21.8. The van der Waals surface area contributed by atoms with Gasteiger partial charge in [-0.05, 0) is 30.2 Å². The van der Waals surface area contributed by atoms with Gasteiger partial charge in [0.1, 0.15) is 6.04 Å².